The van der Waals surface area contributed by atoms with Gasteiger partial charge in [0, 0.05) is 6.54 Å². The summed E-state index contributed by atoms with van der Waals surface area (Å²) in [5, 5.41) is 20.4. The number of nitrogens with zero attached hydrogens (tertiary/aromatic N) is 3. The number of phenols is 1. The number of phenolic OH excluding ortho intramolecular Hbond substituents is 1. The molecule has 0 atom stereocenters. The van der Waals surface area contributed by atoms with Gasteiger partial charge in [0.1, 0.15) is 5.75 Å². The Hall–Kier alpha value is -1.88. The lowest BCUT2D eigenvalue weighted by Crippen LogP contribution is -2.05. The Labute approximate surface area is 93.7 Å². The Morgan fingerprint density at radius 3 is 3.06 bits per heavy atom. The van der Waals surface area contributed by atoms with Gasteiger partial charge in [0.25, 0.3) is 0 Å². The Bertz CT molecular complexity index is 467. The van der Waals surface area contributed by atoms with Crippen LogP contribution in [0, 0.1) is 0 Å². The van der Waals surface area contributed by atoms with E-state index in [1.807, 2.05) is 25.4 Å². The van der Waals surface area contributed by atoms with Gasteiger partial charge in [-0.1, -0.05) is 17.3 Å². The number of nitrogens with one attached hydrogen (secondary N) is 1. The molecule has 0 unspecified atom stereocenters. The van der Waals surface area contributed by atoms with E-state index < -0.39 is 0 Å². The topological polar surface area (TPSA) is 63.0 Å². The van der Waals surface area contributed by atoms with Gasteiger partial charge in [0.05, 0.1) is 18.4 Å². The highest BCUT2D eigenvalue weighted by Crippen LogP contribution is 2.11. The third-order valence-corrected chi connectivity index (χ3v) is 2.20. The molecule has 0 aliphatic rings. The van der Waals surface area contributed by atoms with Crippen molar-refractivity contribution in [3.63, 3.8) is 0 Å². The second-order valence-electron chi connectivity index (χ2n) is 3.61. The zero-order valence-electron chi connectivity index (χ0n) is 9.09. The van der Waals surface area contributed by atoms with Crippen LogP contribution in [-0.4, -0.2) is 27.1 Å². The van der Waals surface area contributed by atoms with Gasteiger partial charge in [-0.15, -0.1) is 5.10 Å². The first kappa shape index (κ1) is 10.6. The monoisotopic (exact) mass is 218 g/mol. The summed E-state index contributed by atoms with van der Waals surface area (Å²) < 4.78 is 1.75. The van der Waals surface area contributed by atoms with E-state index in [1.54, 1.807) is 16.8 Å². The highest BCUT2D eigenvalue weighted by Gasteiger charge is 2.01. The van der Waals surface area contributed by atoms with E-state index in [2.05, 4.69) is 15.6 Å². The molecule has 0 aliphatic heterocycles. The zero-order valence-corrected chi connectivity index (χ0v) is 9.09. The van der Waals surface area contributed by atoms with E-state index in [1.165, 1.54) is 0 Å². The molecular weight excluding hydrogens is 204 g/mol. The molecule has 1 aromatic heterocycles. The van der Waals surface area contributed by atoms with Crippen LogP contribution in [0.5, 0.6) is 5.75 Å². The van der Waals surface area contributed by atoms with Crippen molar-refractivity contribution in [3.05, 3.63) is 41.7 Å². The molecule has 5 nitrogen and oxygen atoms in total. The maximum absolute atomic E-state index is 9.33. The minimum atomic E-state index is 0.271. The zero-order chi connectivity index (χ0) is 11.4. The second kappa shape index (κ2) is 4.76. The van der Waals surface area contributed by atoms with E-state index in [-0.39, 0.29) is 5.75 Å². The number of hydrogen-bond acceptors (Lipinski definition) is 4. The van der Waals surface area contributed by atoms with Gasteiger partial charge in [-0.2, -0.15) is 0 Å². The van der Waals surface area contributed by atoms with Gasteiger partial charge in [0.2, 0.25) is 0 Å². The van der Waals surface area contributed by atoms with E-state index in [0.29, 0.717) is 13.1 Å². The van der Waals surface area contributed by atoms with Crippen LogP contribution in [0.25, 0.3) is 0 Å². The molecule has 1 heterocycles. The third kappa shape index (κ3) is 2.58. The summed E-state index contributed by atoms with van der Waals surface area (Å²) in [5.74, 6) is 0.271. The number of aromatic nitrogens is 3. The Balaban J connectivity index is 2.08. The van der Waals surface area contributed by atoms with Crippen molar-refractivity contribution in [1.29, 1.82) is 0 Å². The first-order valence-electron chi connectivity index (χ1n) is 5.09. The fourth-order valence-corrected chi connectivity index (χ4v) is 1.52. The average Bonchev–Trinajstić information content (AvgIpc) is 2.66. The molecule has 1 aromatic carbocycles. The normalized spacial score (nSPS) is 10.6. The second-order valence-corrected chi connectivity index (χ2v) is 3.61. The fraction of sp³-hybridized carbons (Fsp3) is 0.273. The van der Waals surface area contributed by atoms with Crippen LogP contribution in [-0.2, 0) is 13.1 Å². The molecule has 0 radical (unpaired) electrons. The minimum absolute atomic E-state index is 0.271. The molecule has 0 bridgehead atoms. The first-order valence-corrected chi connectivity index (χ1v) is 5.09. The number of aromatic hydroxyl groups is 1. The lowest BCUT2D eigenvalue weighted by atomic mass is 10.2. The minimum Gasteiger partial charge on any atom is -0.508 e. The lowest BCUT2D eigenvalue weighted by Gasteiger charge is -2.00. The van der Waals surface area contributed by atoms with Gasteiger partial charge < -0.3 is 10.4 Å². The van der Waals surface area contributed by atoms with Gasteiger partial charge in [-0.05, 0) is 24.7 Å². The van der Waals surface area contributed by atoms with Crippen LogP contribution < -0.4 is 5.32 Å². The Morgan fingerprint density at radius 1 is 1.44 bits per heavy atom. The van der Waals surface area contributed by atoms with Crippen molar-refractivity contribution < 1.29 is 5.11 Å². The van der Waals surface area contributed by atoms with Crippen LogP contribution in [0.2, 0.25) is 0 Å². The van der Waals surface area contributed by atoms with Gasteiger partial charge >= 0.3 is 0 Å². The largest absolute Gasteiger partial charge is 0.508 e. The highest BCUT2D eigenvalue weighted by molar-refractivity contribution is 5.27. The van der Waals surface area contributed by atoms with Crippen molar-refractivity contribution in [1.82, 2.24) is 20.3 Å². The van der Waals surface area contributed by atoms with Crippen LogP contribution in [0.1, 0.15) is 11.3 Å². The number of rotatable bonds is 4. The molecule has 84 valence electrons. The third-order valence-electron chi connectivity index (χ3n) is 2.20. The molecule has 0 saturated heterocycles. The summed E-state index contributed by atoms with van der Waals surface area (Å²) in [6.07, 6.45) is 1.89. The summed E-state index contributed by atoms with van der Waals surface area (Å²) in [7, 11) is 1.87. The summed E-state index contributed by atoms with van der Waals surface area (Å²) >= 11 is 0. The van der Waals surface area contributed by atoms with Crippen LogP contribution in [0.3, 0.4) is 0 Å². The fourth-order valence-electron chi connectivity index (χ4n) is 1.52. The molecule has 0 spiro atoms. The van der Waals surface area contributed by atoms with E-state index in [0.717, 1.165) is 11.3 Å². The maximum atomic E-state index is 9.33. The SMILES string of the molecule is CNCc1cn(Cc2cccc(O)c2)nn1. The summed E-state index contributed by atoms with van der Waals surface area (Å²) in [4.78, 5) is 0. The van der Waals surface area contributed by atoms with Crippen LogP contribution in [0.15, 0.2) is 30.5 Å². The molecule has 0 aliphatic carbocycles. The van der Waals surface area contributed by atoms with Crippen molar-refractivity contribution >= 4 is 0 Å². The molecule has 2 rings (SSSR count). The smallest absolute Gasteiger partial charge is 0.115 e. The summed E-state index contributed by atoms with van der Waals surface area (Å²) in [5.41, 5.74) is 1.91. The Morgan fingerprint density at radius 2 is 2.31 bits per heavy atom. The molecule has 5 heteroatoms. The quantitative estimate of drug-likeness (QED) is 0.795. The average molecular weight is 218 g/mol. The highest BCUT2D eigenvalue weighted by atomic mass is 16.3. The van der Waals surface area contributed by atoms with Gasteiger partial charge in [-0.3, -0.25) is 0 Å². The molecule has 0 amide bonds. The molecule has 2 aromatic rings. The van der Waals surface area contributed by atoms with Crippen molar-refractivity contribution in [2.24, 2.45) is 0 Å². The van der Waals surface area contributed by atoms with E-state index in [4.69, 9.17) is 0 Å². The predicted molar refractivity (Wildman–Crippen MR) is 60.0 cm³/mol. The van der Waals surface area contributed by atoms with Gasteiger partial charge in [-0.25, -0.2) is 4.68 Å². The van der Waals surface area contributed by atoms with Gasteiger partial charge in [0.15, 0.2) is 0 Å². The maximum Gasteiger partial charge on any atom is 0.115 e. The van der Waals surface area contributed by atoms with Crippen molar-refractivity contribution in [3.8, 4) is 5.75 Å². The predicted octanol–water partition coefficient (Wildman–Crippen LogP) is 0.751. The first-order chi connectivity index (χ1) is 7.78. The van der Waals surface area contributed by atoms with E-state index >= 15 is 0 Å². The van der Waals surface area contributed by atoms with Crippen molar-refractivity contribution in [2.45, 2.75) is 13.1 Å². The Kier molecular flexibility index (Phi) is 3.16. The van der Waals surface area contributed by atoms with E-state index in [9.17, 15) is 5.11 Å². The number of benzene rings is 1. The van der Waals surface area contributed by atoms with Crippen molar-refractivity contribution in [2.75, 3.05) is 7.05 Å². The summed E-state index contributed by atoms with van der Waals surface area (Å²) in [6.45, 7) is 1.32. The molecule has 2 N–H and O–H groups in total. The van der Waals surface area contributed by atoms with Crippen LogP contribution >= 0.6 is 0 Å². The lowest BCUT2D eigenvalue weighted by molar-refractivity contribution is 0.474. The number of hydrogen-bond donors (Lipinski definition) is 2. The molecule has 16 heavy (non-hydrogen) atoms. The standard InChI is InChI=1S/C11H14N4O/c1-12-6-10-8-15(14-13-10)7-9-3-2-4-11(16)5-9/h2-5,8,12,16H,6-7H2,1H3. The molecule has 0 saturated carbocycles. The summed E-state index contributed by atoms with van der Waals surface area (Å²) in [6, 6.07) is 7.13. The van der Waals surface area contributed by atoms with Crippen LogP contribution in [0.4, 0.5) is 0 Å². The molecular formula is C11H14N4O. The molecule has 0 fully saturated rings.